The van der Waals surface area contributed by atoms with E-state index in [1.54, 1.807) is 0 Å². The van der Waals surface area contributed by atoms with Crippen LogP contribution in [0, 0.1) is 46.3 Å². The van der Waals surface area contributed by atoms with Crippen LogP contribution >= 0.6 is 0 Å². The Morgan fingerprint density at radius 2 is 1.02 bits per heavy atom. The molecular formula is C34H46Cl2F3FeN3O2. The number of hydrogen-bond donors (Lipinski definition) is 2. The third kappa shape index (κ3) is 14.3. The van der Waals surface area contributed by atoms with Gasteiger partial charge in [-0.2, -0.15) is 13.2 Å². The van der Waals surface area contributed by atoms with E-state index in [4.69, 9.17) is 10.8 Å². The average molecular weight is 713 g/mol. The standard InChI is InChI=1S/2C12H19N.C10H8F3NO2.2ClH.Fe/c2*1-8(2)10-6-5-7-11(9(3)4)12(10)13;1-5(15)8-3-7(10(11,12)13)4-9(14-8)6(2)16;;;/h2*5-10,13H,1-4H3;3-4H,1-2H3;2*1H;/q;;;;;+2/p-2. The first-order valence-electron chi connectivity index (χ1n) is 14.3. The van der Waals surface area contributed by atoms with E-state index in [2.05, 4.69) is 96.8 Å². The van der Waals surface area contributed by atoms with Crippen LogP contribution in [0.1, 0.15) is 95.8 Å². The van der Waals surface area contributed by atoms with Crippen LogP contribution in [0.2, 0.25) is 0 Å². The van der Waals surface area contributed by atoms with Crippen LogP contribution in [-0.4, -0.2) is 28.0 Å². The molecule has 0 aromatic carbocycles. The van der Waals surface area contributed by atoms with Gasteiger partial charge in [0.1, 0.15) is 11.4 Å². The smallest absolute Gasteiger partial charge is 1.00 e. The fraction of sp³-hybridized carbons (Fsp3) is 0.500. The number of carbonyl (C=O) groups is 2. The van der Waals surface area contributed by atoms with Crippen LogP contribution in [-0.2, 0) is 23.2 Å². The average Bonchev–Trinajstić information content (AvgIpc) is 2.88. The molecule has 45 heavy (non-hydrogen) atoms. The Bertz CT molecular complexity index is 1210. The Morgan fingerprint density at radius 1 is 0.711 bits per heavy atom. The monoisotopic (exact) mass is 711 g/mol. The summed E-state index contributed by atoms with van der Waals surface area (Å²) in [6, 6.07) is 1.27. The Hall–Kier alpha value is -2.32. The minimum atomic E-state index is -4.60. The summed E-state index contributed by atoms with van der Waals surface area (Å²) in [5, 5.41) is 16.1. The molecule has 1 aromatic rings. The maximum atomic E-state index is 12.4. The van der Waals surface area contributed by atoms with Crippen molar-refractivity contribution in [2.24, 2.45) is 35.5 Å². The van der Waals surface area contributed by atoms with Crippen LogP contribution in [0.5, 0.6) is 0 Å². The molecule has 2 aliphatic rings. The fourth-order valence-corrected chi connectivity index (χ4v) is 4.49. The van der Waals surface area contributed by atoms with Gasteiger partial charge in [0.15, 0.2) is 11.6 Å². The second-order valence-electron chi connectivity index (χ2n) is 11.9. The maximum absolute atomic E-state index is 12.4. The Balaban J connectivity index is -0.000000573. The molecule has 0 amide bonds. The normalized spacial score (nSPS) is 17.2. The van der Waals surface area contributed by atoms with Crippen molar-refractivity contribution < 1.29 is 64.6 Å². The first-order chi connectivity index (χ1) is 19.3. The quantitative estimate of drug-likeness (QED) is 0.350. The molecule has 0 aliphatic heterocycles. The van der Waals surface area contributed by atoms with Crippen molar-refractivity contribution in [3.05, 3.63) is 76.7 Å². The SMILES string of the molecule is CC(=O)c1cc(C(F)(F)F)cc(C(C)=O)n1.CC(C)C1=CC=CC(C(C)C)C1=N.CC(C)C1=CC=CC(C(C)C)C1=N.[Cl-].[Cl-].[Fe+2]. The summed E-state index contributed by atoms with van der Waals surface area (Å²) >= 11 is 0. The van der Waals surface area contributed by atoms with Gasteiger partial charge in [0.05, 0.1) is 5.56 Å². The number of rotatable bonds is 6. The van der Waals surface area contributed by atoms with Gasteiger partial charge < -0.3 is 35.6 Å². The molecule has 0 saturated heterocycles. The van der Waals surface area contributed by atoms with Gasteiger partial charge in [-0.1, -0.05) is 91.8 Å². The Kier molecular flexibility index (Phi) is 21.7. The molecule has 2 atom stereocenters. The first-order valence-corrected chi connectivity index (χ1v) is 14.3. The maximum Gasteiger partial charge on any atom is 2.00 e. The molecule has 5 nitrogen and oxygen atoms in total. The number of hydrogen-bond acceptors (Lipinski definition) is 5. The Labute approximate surface area is 290 Å². The van der Waals surface area contributed by atoms with Crippen molar-refractivity contribution in [2.45, 2.75) is 75.4 Å². The summed E-state index contributed by atoms with van der Waals surface area (Å²) in [6.07, 6.45) is 8.02. The van der Waals surface area contributed by atoms with Gasteiger partial charge in [-0.15, -0.1) is 0 Å². The number of carbonyl (C=O) groups excluding carboxylic acids is 2. The summed E-state index contributed by atoms with van der Waals surface area (Å²) in [5.41, 5.74) is 2.25. The number of allylic oxidation sites excluding steroid dienone is 8. The third-order valence-corrected chi connectivity index (χ3v) is 7.03. The van der Waals surface area contributed by atoms with Crippen LogP contribution in [0.4, 0.5) is 13.2 Å². The van der Waals surface area contributed by atoms with Crippen LogP contribution in [0.25, 0.3) is 0 Å². The fourth-order valence-electron chi connectivity index (χ4n) is 4.49. The zero-order chi connectivity index (χ0) is 32.5. The van der Waals surface area contributed by atoms with Crippen LogP contribution in [0.3, 0.4) is 0 Å². The van der Waals surface area contributed by atoms with Crippen molar-refractivity contribution in [1.29, 1.82) is 10.8 Å². The van der Waals surface area contributed by atoms with Crippen LogP contribution < -0.4 is 24.8 Å². The second kappa shape index (κ2) is 20.7. The molecule has 2 N–H and O–H groups in total. The van der Waals surface area contributed by atoms with Crippen molar-refractivity contribution >= 4 is 23.0 Å². The van der Waals surface area contributed by atoms with Crippen molar-refractivity contribution in [3.63, 3.8) is 0 Å². The minimum Gasteiger partial charge on any atom is -1.00 e. The molecule has 1 heterocycles. The van der Waals surface area contributed by atoms with E-state index < -0.39 is 23.3 Å². The van der Waals surface area contributed by atoms with E-state index in [1.807, 2.05) is 0 Å². The number of Topliss-reactive ketones (excluding diaryl/α,β-unsaturated/α-hetero) is 2. The van der Waals surface area contributed by atoms with E-state index in [0.717, 1.165) is 25.3 Å². The summed E-state index contributed by atoms with van der Waals surface area (Å²) < 4.78 is 37.3. The number of alkyl halides is 3. The summed E-state index contributed by atoms with van der Waals surface area (Å²) in [7, 11) is 0. The number of pyridine rings is 1. The molecule has 0 radical (unpaired) electrons. The van der Waals surface area contributed by atoms with Crippen molar-refractivity contribution in [2.75, 3.05) is 0 Å². The minimum absolute atomic E-state index is 0. The molecule has 252 valence electrons. The molecule has 0 spiro atoms. The summed E-state index contributed by atoms with van der Waals surface area (Å²) in [6.45, 7) is 19.5. The number of halogens is 5. The van der Waals surface area contributed by atoms with Gasteiger partial charge in [-0.05, 0) is 47.0 Å². The van der Waals surface area contributed by atoms with Gasteiger partial charge in [0, 0.05) is 37.1 Å². The third-order valence-electron chi connectivity index (χ3n) is 7.03. The Morgan fingerprint density at radius 3 is 1.24 bits per heavy atom. The first kappa shape index (κ1) is 47.1. The molecular weight excluding hydrogens is 666 g/mol. The number of aromatic nitrogens is 1. The molecule has 11 heteroatoms. The van der Waals surface area contributed by atoms with E-state index in [-0.39, 0.29) is 53.3 Å². The summed E-state index contributed by atoms with van der Waals surface area (Å²) in [5.74, 6) is 1.42. The van der Waals surface area contributed by atoms with E-state index in [9.17, 15) is 22.8 Å². The van der Waals surface area contributed by atoms with Gasteiger partial charge >= 0.3 is 23.2 Å². The zero-order valence-corrected chi connectivity index (χ0v) is 30.2. The molecule has 0 saturated carbocycles. The second-order valence-corrected chi connectivity index (χ2v) is 11.9. The topological polar surface area (TPSA) is 94.7 Å². The molecule has 0 bridgehead atoms. The molecule has 1 aromatic heterocycles. The number of nitrogens with one attached hydrogen (secondary N) is 2. The predicted molar refractivity (Wildman–Crippen MR) is 165 cm³/mol. The number of ketones is 2. The van der Waals surface area contributed by atoms with Gasteiger partial charge in [0.2, 0.25) is 0 Å². The number of nitrogens with zero attached hydrogens (tertiary/aromatic N) is 1. The zero-order valence-electron chi connectivity index (χ0n) is 27.6. The summed E-state index contributed by atoms with van der Waals surface area (Å²) in [4.78, 5) is 25.5. The van der Waals surface area contributed by atoms with Crippen LogP contribution in [0.15, 0.2) is 59.7 Å². The predicted octanol–water partition coefficient (Wildman–Crippen LogP) is 3.37. The van der Waals surface area contributed by atoms with E-state index in [1.165, 1.54) is 11.1 Å². The van der Waals surface area contributed by atoms with Gasteiger partial charge in [-0.3, -0.25) is 9.59 Å². The molecule has 3 rings (SSSR count). The van der Waals surface area contributed by atoms with E-state index >= 15 is 0 Å². The molecule has 2 unspecified atom stereocenters. The van der Waals surface area contributed by atoms with E-state index in [0.29, 0.717) is 47.6 Å². The van der Waals surface area contributed by atoms with Crippen molar-refractivity contribution in [3.8, 4) is 0 Å². The van der Waals surface area contributed by atoms with Gasteiger partial charge in [-0.25, -0.2) is 4.98 Å². The molecule has 2 aliphatic carbocycles. The van der Waals surface area contributed by atoms with Crippen molar-refractivity contribution in [1.82, 2.24) is 4.98 Å². The molecule has 0 fully saturated rings. The van der Waals surface area contributed by atoms with Gasteiger partial charge in [0.25, 0.3) is 0 Å². The largest absolute Gasteiger partial charge is 2.00 e.